The Balaban J connectivity index is 2.83. The molecule has 0 radical (unpaired) electrons. The highest BCUT2D eigenvalue weighted by molar-refractivity contribution is 5.79. The Morgan fingerprint density at radius 2 is 2.23 bits per heavy atom. The van der Waals surface area contributed by atoms with Gasteiger partial charge in [0, 0.05) is 5.56 Å². The van der Waals surface area contributed by atoms with E-state index in [9.17, 15) is 8.78 Å². The Labute approximate surface area is 74.8 Å². The van der Waals surface area contributed by atoms with Crippen LogP contribution >= 0.6 is 0 Å². The number of hydrogen-bond donors (Lipinski definition) is 0. The molecule has 0 aliphatic rings. The van der Waals surface area contributed by atoms with Crippen molar-refractivity contribution < 1.29 is 13.6 Å². The van der Waals surface area contributed by atoms with Gasteiger partial charge < -0.3 is 4.84 Å². The van der Waals surface area contributed by atoms with E-state index in [0.29, 0.717) is 6.61 Å². The van der Waals surface area contributed by atoms with Gasteiger partial charge in [0.25, 0.3) is 0 Å². The molecular weight excluding hydrogens is 176 g/mol. The molecule has 0 heterocycles. The minimum Gasteiger partial charge on any atom is -0.396 e. The number of nitrogens with zero attached hydrogens (tertiary/aromatic N) is 1. The highest BCUT2D eigenvalue weighted by Gasteiger charge is 2.04. The van der Waals surface area contributed by atoms with E-state index in [0.717, 1.165) is 12.3 Å². The summed E-state index contributed by atoms with van der Waals surface area (Å²) in [5.74, 6) is -1.80. The largest absolute Gasteiger partial charge is 0.396 e. The Morgan fingerprint density at radius 1 is 1.46 bits per heavy atom. The Hall–Kier alpha value is -1.45. The molecule has 1 aromatic rings. The van der Waals surface area contributed by atoms with Crippen LogP contribution in [0.4, 0.5) is 8.78 Å². The molecular formula is C9H9F2NO. The lowest BCUT2D eigenvalue weighted by atomic mass is 10.2. The standard InChI is InChI=1S/C9H9F2NO/c1-2-13-12-6-7-4-3-5-8(10)9(7)11/h3-6H,2H2,1H3/b12-6+. The average Bonchev–Trinajstić information content (AvgIpc) is 2.13. The normalized spacial score (nSPS) is 10.7. The summed E-state index contributed by atoms with van der Waals surface area (Å²) in [6.45, 7) is 2.15. The van der Waals surface area contributed by atoms with Crippen LogP contribution in [0.15, 0.2) is 23.4 Å². The summed E-state index contributed by atoms with van der Waals surface area (Å²) in [4.78, 5) is 4.61. The molecule has 0 fully saturated rings. The van der Waals surface area contributed by atoms with Crippen LogP contribution in [-0.4, -0.2) is 12.8 Å². The van der Waals surface area contributed by atoms with Gasteiger partial charge in [0.05, 0.1) is 6.21 Å². The molecule has 2 nitrogen and oxygen atoms in total. The quantitative estimate of drug-likeness (QED) is 0.523. The van der Waals surface area contributed by atoms with Gasteiger partial charge in [-0.3, -0.25) is 0 Å². The fourth-order valence-electron chi connectivity index (χ4n) is 0.789. The van der Waals surface area contributed by atoms with Crippen molar-refractivity contribution in [2.75, 3.05) is 6.61 Å². The van der Waals surface area contributed by atoms with Crippen LogP contribution in [0.3, 0.4) is 0 Å². The molecule has 13 heavy (non-hydrogen) atoms. The van der Waals surface area contributed by atoms with E-state index in [-0.39, 0.29) is 5.56 Å². The minimum absolute atomic E-state index is 0.0773. The number of halogens is 2. The van der Waals surface area contributed by atoms with Gasteiger partial charge in [0.1, 0.15) is 6.61 Å². The molecule has 4 heteroatoms. The summed E-state index contributed by atoms with van der Waals surface area (Å²) in [6, 6.07) is 3.87. The molecule has 0 aromatic heterocycles. The first kappa shape index (κ1) is 9.64. The van der Waals surface area contributed by atoms with Gasteiger partial charge in [-0.25, -0.2) is 8.78 Å². The first-order valence-electron chi connectivity index (χ1n) is 3.85. The molecule has 70 valence electrons. The maximum absolute atomic E-state index is 12.9. The molecule has 1 aromatic carbocycles. The molecule has 0 amide bonds. The summed E-state index contributed by atoms with van der Waals surface area (Å²) in [5.41, 5.74) is 0.0773. The second-order valence-corrected chi connectivity index (χ2v) is 2.30. The van der Waals surface area contributed by atoms with E-state index < -0.39 is 11.6 Å². The highest BCUT2D eigenvalue weighted by Crippen LogP contribution is 2.08. The predicted molar refractivity (Wildman–Crippen MR) is 45.6 cm³/mol. The second kappa shape index (κ2) is 4.54. The van der Waals surface area contributed by atoms with Crippen LogP contribution in [0.25, 0.3) is 0 Å². The van der Waals surface area contributed by atoms with Crippen LogP contribution in [-0.2, 0) is 4.84 Å². The van der Waals surface area contributed by atoms with E-state index in [1.165, 1.54) is 12.1 Å². The summed E-state index contributed by atoms with van der Waals surface area (Å²) in [7, 11) is 0. The van der Waals surface area contributed by atoms with Gasteiger partial charge in [-0.2, -0.15) is 0 Å². The fraction of sp³-hybridized carbons (Fsp3) is 0.222. The van der Waals surface area contributed by atoms with Crippen LogP contribution in [0.1, 0.15) is 12.5 Å². The van der Waals surface area contributed by atoms with Gasteiger partial charge in [-0.1, -0.05) is 17.3 Å². The summed E-state index contributed by atoms with van der Waals surface area (Å²) >= 11 is 0. The molecule has 0 aliphatic heterocycles. The second-order valence-electron chi connectivity index (χ2n) is 2.30. The van der Waals surface area contributed by atoms with Crippen molar-refractivity contribution in [2.24, 2.45) is 5.16 Å². The van der Waals surface area contributed by atoms with E-state index in [1.54, 1.807) is 6.92 Å². The lowest BCUT2D eigenvalue weighted by molar-refractivity contribution is 0.160. The van der Waals surface area contributed by atoms with Crippen LogP contribution < -0.4 is 0 Å². The summed E-state index contributed by atoms with van der Waals surface area (Å²) in [5, 5.41) is 3.43. The van der Waals surface area contributed by atoms with Gasteiger partial charge >= 0.3 is 0 Å². The molecule has 0 bridgehead atoms. The molecule has 1 rings (SSSR count). The van der Waals surface area contributed by atoms with E-state index in [4.69, 9.17) is 0 Å². The monoisotopic (exact) mass is 185 g/mol. The van der Waals surface area contributed by atoms with Gasteiger partial charge in [0.2, 0.25) is 0 Å². The third-order valence-electron chi connectivity index (χ3n) is 1.38. The Kier molecular flexibility index (Phi) is 3.37. The van der Waals surface area contributed by atoms with Crippen molar-refractivity contribution in [1.29, 1.82) is 0 Å². The van der Waals surface area contributed by atoms with E-state index >= 15 is 0 Å². The van der Waals surface area contributed by atoms with Gasteiger partial charge in [-0.05, 0) is 13.0 Å². The molecule has 0 spiro atoms. The number of oxime groups is 1. The van der Waals surface area contributed by atoms with Crippen molar-refractivity contribution >= 4 is 6.21 Å². The smallest absolute Gasteiger partial charge is 0.167 e. The number of benzene rings is 1. The van der Waals surface area contributed by atoms with Crippen molar-refractivity contribution in [3.05, 3.63) is 35.4 Å². The molecule has 0 saturated carbocycles. The van der Waals surface area contributed by atoms with Gasteiger partial charge in [0.15, 0.2) is 11.6 Å². The fourth-order valence-corrected chi connectivity index (χ4v) is 0.789. The maximum atomic E-state index is 12.9. The van der Waals surface area contributed by atoms with Crippen LogP contribution in [0.5, 0.6) is 0 Å². The SMILES string of the molecule is CCO/N=C/c1cccc(F)c1F. The lowest BCUT2D eigenvalue weighted by Gasteiger charge is -1.96. The molecule has 0 saturated heterocycles. The Bertz CT molecular complexity index is 312. The average molecular weight is 185 g/mol. The van der Waals surface area contributed by atoms with Gasteiger partial charge in [-0.15, -0.1) is 0 Å². The van der Waals surface area contributed by atoms with Crippen LogP contribution in [0.2, 0.25) is 0 Å². The maximum Gasteiger partial charge on any atom is 0.167 e. The summed E-state index contributed by atoms with van der Waals surface area (Å²) < 4.78 is 25.5. The molecule has 0 atom stereocenters. The zero-order valence-electron chi connectivity index (χ0n) is 7.13. The van der Waals surface area contributed by atoms with E-state index in [2.05, 4.69) is 9.99 Å². The first-order valence-corrected chi connectivity index (χ1v) is 3.85. The zero-order chi connectivity index (χ0) is 9.68. The van der Waals surface area contributed by atoms with Crippen molar-refractivity contribution in [1.82, 2.24) is 0 Å². The third kappa shape index (κ3) is 2.50. The Morgan fingerprint density at radius 3 is 2.92 bits per heavy atom. The van der Waals surface area contributed by atoms with Crippen molar-refractivity contribution in [3.8, 4) is 0 Å². The topological polar surface area (TPSA) is 21.6 Å². The predicted octanol–water partition coefficient (Wildman–Crippen LogP) is 2.34. The van der Waals surface area contributed by atoms with Crippen molar-refractivity contribution in [3.63, 3.8) is 0 Å². The lowest BCUT2D eigenvalue weighted by Crippen LogP contribution is -1.92. The molecule has 0 N–H and O–H groups in total. The number of rotatable bonds is 3. The van der Waals surface area contributed by atoms with Crippen LogP contribution in [0, 0.1) is 11.6 Å². The zero-order valence-corrected chi connectivity index (χ0v) is 7.13. The summed E-state index contributed by atoms with van der Waals surface area (Å²) in [6.07, 6.45) is 1.14. The molecule has 0 aliphatic carbocycles. The van der Waals surface area contributed by atoms with E-state index in [1.807, 2.05) is 0 Å². The number of hydrogen-bond acceptors (Lipinski definition) is 2. The van der Waals surface area contributed by atoms with Crippen molar-refractivity contribution in [2.45, 2.75) is 6.92 Å². The molecule has 0 unspecified atom stereocenters. The minimum atomic E-state index is -0.911. The first-order chi connectivity index (χ1) is 6.25. The third-order valence-corrected chi connectivity index (χ3v) is 1.38. The highest BCUT2D eigenvalue weighted by atomic mass is 19.2.